The summed E-state index contributed by atoms with van der Waals surface area (Å²) in [4.78, 5) is 20.1. The minimum Gasteiger partial charge on any atom is -0.496 e. The maximum Gasteiger partial charge on any atom is 0.223 e. The molecule has 0 aromatic heterocycles. The summed E-state index contributed by atoms with van der Waals surface area (Å²) in [5.41, 5.74) is 4.94. The molecule has 1 aliphatic rings. The van der Waals surface area contributed by atoms with Crippen LogP contribution in [-0.2, 0) is 14.3 Å². The Balaban J connectivity index is -0.000000180. The van der Waals surface area contributed by atoms with Gasteiger partial charge in [0.2, 0.25) is 5.91 Å². The van der Waals surface area contributed by atoms with Gasteiger partial charge in [-0.25, -0.2) is 0 Å². The molecule has 4 N–H and O–H groups in total. The Bertz CT molecular complexity index is 1440. The van der Waals surface area contributed by atoms with Gasteiger partial charge in [-0.05, 0) is 118 Å². The molecule has 1 heterocycles. The zero-order chi connectivity index (χ0) is 58.8. The molecule has 0 aromatic rings. The fourth-order valence-electron chi connectivity index (χ4n) is 5.83. The van der Waals surface area contributed by atoms with Gasteiger partial charge in [-0.15, -0.1) is 0 Å². The van der Waals surface area contributed by atoms with E-state index in [4.69, 9.17) is 24.8 Å². The second-order valence-corrected chi connectivity index (χ2v) is 21.4. The molecule has 0 bridgehead atoms. The molecular weight excluding hydrogens is 911 g/mol. The van der Waals surface area contributed by atoms with Crippen LogP contribution in [0.5, 0.6) is 0 Å². The molecule has 0 spiro atoms. The zero-order valence-electron chi connectivity index (χ0n) is 53.0. The molecule has 6 unspecified atom stereocenters. The first-order chi connectivity index (χ1) is 33.7. The molecule has 1 aliphatic heterocycles. The highest BCUT2D eigenvalue weighted by Crippen LogP contribution is 2.30. The topological polar surface area (TPSA) is 121 Å². The Morgan fingerprint density at radius 3 is 1.41 bits per heavy atom. The molecule has 0 aromatic carbocycles. The Labute approximate surface area is 455 Å². The van der Waals surface area contributed by atoms with E-state index in [0.717, 1.165) is 43.8 Å². The lowest BCUT2D eigenvalue weighted by Crippen LogP contribution is -2.34. The van der Waals surface area contributed by atoms with Crippen LogP contribution >= 0.6 is 0 Å². The Morgan fingerprint density at radius 2 is 1.14 bits per heavy atom. The second kappa shape index (κ2) is 47.1. The van der Waals surface area contributed by atoms with Crippen molar-refractivity contribution in [1.82, 2.24) is 24.9 Å². The van der Waals surface area contributed by atoms with Crippen molar-refractivity contribution in [1.29, 1.82) is 0 Å². The Hall–Kier alpha value is -3.41. The molecule has 1 fully saturated rings. The number of hydrogen-bond acceptors (Lipinski definition) is 10. The van der Waals surface area contributed by atoms with Crippen molar-refractivity contribution in [3.63, 3.8) is 0 Å². The molecule has 0 saturated carbocycles. The predicted octanol–water partition coefficient (Wildman–Crippen LogP) is 14.4. The van der Waals surface area contributed by atoms with E-state index in [1.165, 1.54) is 62.2 Å². The van der Waals surface area contributed by atoms with Crippen molar-refractivity contribution in [3.8, 4) is 0 Å². The van der Waals surface area contributed by atoms with Gasteiger partial charge in [0.1, 0.15) is 19.3 Å². The van der Waals surface area contributed by atoms with Crippen molar-refractivity contribution < 1.29 is 29.6 Å². The minimum absolute atomic E-state index is 0.0230. The minimum atomic E-state index is -0.815. The smallest absolute Gasteiger partial charge is 0.223 e. The van der Waals surface area contributed by atoms with Crippen molar-refractivity contribution >= 4 is 5.91 Å². The highest BCUT2D eigenvalue weighted by Gasteiger charge is 2.22. The largest absolute Gasteiger partial charge is 0.496 e. The van der Waals surface area contributed by atoms with Gasteiger partial charge in [-0.1, -0.05) is 136 Å². The number of carbonyl (C=O) groups is 1. The summed E-state index contributed by atoms with van der Waals surface area (Å²) in [5.74, 6) is 2.99. The van der Waals surface area contributed by atoms with Gasteiger partial charge in [0, 0.05) is 98.4 Å². The SMILES string of the molecule is C=C(C(C)CC)N(C)C.C=C(C(C)CC)N(CC)CC.C=C(C)N(C)C(C)CC.C=C(OCC(O)CO)C(C)(C)CC.C=C(OCCO)C(C)(C)CC.C=C1CCCN1C(C)CC.CCC(C)C(=O)NC(C)C. The molecule has 73 heavy (non-hydrogen) atoms. The molecule has 436 valence electrons. The number of amides is 1. The van der Waals surface area contributed by atoms with Gasteiger partial charge in [0.25, 0.3) is 0 Å². The van der Waals surface area contributed by atoms with Crippen LogP contribution in [0.15, 0.2) is 73.8 Å². The number of likely N-dealkylation sites (tertiary alicyclic amines) is 1. The lowest BCUT2D eigenvalue weighted by molar-refractivity contribution is -0.125. The maximum absolute atomic E-state index is 11.1. The lowest BCUT2D eigenvalue weighted by Gasteiger charge is -2.27. The Kier molecular flexibility index (Phi) is 52.2. The normalized spacial score (nSPS) is 14.1. The van der Waals surface area contributed by atoms with Gasteiger partial charge in [0.15, 0.2) is 0 Å². The molecule has 1 saturated heterocycles. The van der Waals surface area contributed by atoms with Crippen LogP contribution in [0, 0.1) is 28.6 Å². The highest BCUT2D eigenvalue weighted by molar-refractivity contribution is 5.78. The first kappa shape index (κ1) is 81.0. The van der Waals surface area contributed by atoms with Crippen LogP contribution in [0.1, 0.15) is 203 Å². The fourth-order valence-corrected chi connectivity index (χ4v) is 5.83. The van der Waals surface area contributed by atoms with Crippen LogP contribution in [0.2, 0.25) is 0 Å². The molecule has 1 rings (SSSR count). The summed E-state index contributed by atoms with van der Waals surface area (Å²) in [6.45, 7) is 71.5. The van der Waals surface area contributed by atoms with E-state index in [9.17, 15) is 4.79 Å². The molecule has 11 heteroatoms. The van der Waals surface area contributed by atoms with Crippen molar-refractivity contribution in [3.05, 3.63) is 73.8 Å². The standard InChI is InChI=1S/C10H21N.C10H20O3.C9H17N.C9H18O2.C8H17NO.2C8H17N/c1-6-9(4)10(5)11(7-2)8-3;1-5-10(3,4)8(2)13-7-9(12)6-11;1-4-8(2)10-7-5-6-9(10)3;1-5-9(3,4)8(2)11-7-6-10;1-5-7(4)8(10)9-6(2)3;1-6-7(2)8(3)9(4)5;1-6-8(4)9(5)7(2)3/h9H,5-8H2,1-4H3;9,11-12H,2,5-7H2,1,3-4H3;8H,3-7H2,1-2H3;10H,2,5-7H2,1,3-4H3;6-7H,5H2,1-4H3,(H,9,10);7H,3,6H2,1-2,4-5H3;8H,2,6H2,1,3-5H3. The first-order valence-corrected chi connectivity index (χ1v) is 28.1. The van der Waals surface area contributed by atoms with Gasteiger partial charge in [-0.2, -0.15) is 0 Å². The highest BCUT2D eigenvalue weighted by atomic mass is 16.5. The molecular formula is C62H127N5O6. The number of carbonyl (C=O) groups excluding carboxylic acids is 1. The first-order valence-electron chi connectivity index (χ1n) is 28.1. The number of rotatable bonds is 27. The van der Waals surface area contributed by atoms with Crippen molar-refractivity contribution in [2.45, 2.75) is 227 Å². The lowest BCUT2D eigenvalue weighted by atomic mass is 9.88. The number of nitrogens with zero attached hydrogens (tertiary/aromatic N) is 4. The van der Waals surface area contributed by atoms with Gasteiger partial charge >= 0.3 is 0 Å². The summed E-state index contributed by atoms with van der Waals surface area (Å²) in [6, 6.07) is 1.60. The van der Waals surface area contributed by atoms with E-state index in [2.05, 4.69) is 168 Å². The summed E-state index contributed by atoms with van der Waals surface area (Å²) in [6.07, 6.45) is 9.34. The van der Waals surface area contributed by atoms with Crippen LogP contribution in [-0.4, -0.2) is 132 Å². The third-order valence-electron chi connectivity index (χ3n) is 14.2. The third kappa shape index (κ3) is 41.5. The van der Waals surface area contributed by atoms with E-state index in [0.29, 0.717) is 36.3 Å². The quantitative estimate of drug-likeness (QED) is 0.0592. The van der Waals surface area contributed by atoms with Gasteiger partial charge in [-0.3, -0.25) is 4.79 Å². The molecule has 6 atom stereocenters. The predicted molar refractivity (Wildman–Crippen MR) is 322 cm³/mol. The maximum atomic E-state index is 11.1. The monoisotopic (exact) mass is 1040 g/mol. The van der Waals surface area contributed by atoms with Crippen LogP contribution in [0.4, 0.5) is 0 Å². The van der Waals surface area contributed by atoms with Gasteiger partial charge < -0.3 is 49.7 Å². The summed E-state index contributed by atoms with van der Waals surface area (Å²) in [5, 5.41) is 28.9. The number of aliphatic hydroxyl groups is 3. The number of ether oxygens (including phenoxy) is 2. The van der Waals surface area contributed by atoms with E-state index in [1.54, 1.807) is 0 Å². The Morgan fingerprint density at radius 1 is 0.699 bits per heavy atom. The van der Waals surface area contributed by atoms with Crippen LogP contribution in [0.3, 0.4) is 0 Å². The van der Waals surface area contributed by atoms with Gasteiger partial charge in [0.05, 0.1) is 24.7 Å². The number of aliphatic hydroxyl groups excluding tert-OH is 3. The fraction of sp³-hybridized carbons (Fsp3) is 0.790. The number of allylic oxidation sites excluding steroid dienone is 6. The van der Waals surface area contributed by atoms with E-state index < -0.39 is 6.10 Å². The second-order valence-electron chi connectivity index (χ2n) is 21.4. The number of hydrogen-bond donors (Lipinski definition) is 4. The molecule has 1 amide bonds. The average molecular weight is 1040 g/mol. The summed E-state index contributed by atoms with van der Waals surface area (Å²) in [7, 11) is 6.15. The van der Waals surface area contributed by atoms with E-state index >= 15 is 0 Å². The van der Waals surface area contributed by atoms with Crippen LogP contribution in [0.25, 0.3) is 0 Å². The van der Waals surface area contributed by atoms with E-state index in [-0.39, 0.29) is 48.5 Å². The molecule has 11 nitrogen and oxygen atoms in total. The molecule has 0 aliphatic carbocycles. The van der Waals surface area contributed by atoms with Crippen molar-refractivity contribution in [2.75, 3.05) is 67.2 Å². The van der Waals surface area contributed by atoms with Crippen LogP contribution < -0.4 is 5.32 Å². The molecule has 0 radical (unpaired) electrons. The van der Waals surface area contributed by atoms with E-state index in [1.807, 2.05) is 62.6 Å². The summed E-state index contributed by atoms with van der Waals surface area (Å²) >= 11 is 0. The average Bonchev–Trinajstić information content (AvgIpc) is 3.81. The number of nitrogens with one attached hydrogen (secondary N) is 1. The zero-order valence-corrected chi connectivity index (χ0v) is 53.0. The third-order valence-corrected chi connectivity index (χ3v) is 14.2. The van der Waals surface area contributed by atoms with Crippen molar-refractivity contribution in [2.24, 2.45) is 28.6 Å². The summed E-state index contributed by atoms with van der Waals surface area (Å²) < 4.78 is 10.4.